The van der Waals surface area contributed by atoms with Crippen LogP contribution in [-0.4, -0.2) is 12.1 Å². The summed E-state index contributed by atoms with van der Waals surface area (Å²) < 4.78 is 30.9. The van der Waals surface area contributed by atoms with E-state index >= 15 is 0 Å². The number of aromatic nitrogens is 1. The van der Waals surface area contributed by atoms with Gasteiger partial charge >= 0.3 is 0 Å². The zero-order valence-electron chi connectivity index (χ0n) is 7.42. The van der Waals surface area contributed by atoms with Gasteiger partial charge in [-0.05, 0) is 18.2 Å². The molecule has 0 fully saturated rings. The molecule has 14 heavy (non-hydrogen) atoms. The van der Waals surface area contributed by atoms with Gasteiger partial charge in [0, 0.05) is 10.8 Å². The van der Waals surface area contributed by atoms with Crippen LogP contribution in [0.3, 0.4) is 0 Å². The summed E-state index contributed by atoms with van der Waals surface area (Å²) in [5, 5.41) is 0.644. The molecule has 0 spiro atoms. The molecule has 1 aromatic carbocycles. The van der Waals surface area contributed by atoms with Gasteiger partial charge in [0.15, 0.2) is 0 Å². The Morgan fingerprint density at radius 2 is 2.00 bits per heavy atom. The molecule has 0 atom stereocenters. The largest absolute Gasteiger partial charge is 0.494 e. The SMILES string of the molecule is COc1cnc(F)c2cc(F)ccc12. The summed E-state index contributed by atoms with van der Waals surface area (Å²) in [5.41, 5.74) is 0. The molecule has 0 bridgehead atoms. The van der Waals surface area contributed by atoms with E-state index in [9.17, 15) is 8.78 Å². The molecule has 0 radical (unpaired) electrons. The first-order valence-corrected chi connectivity index (χ1v) is 4.00. The predicted molar refractivity (Wildman–Crippen MR) is 48.2 cm³/mol. The normalized spacial score (nSPS) is 10.5. The summed E-state index contributed by atoms with van der Waals surface area (Å²) >= 11 is 0. The molecule has 2 nitrogen and oxygen atoms in total. The number of halogens is 2. The first kappa shape index (κ1) is 8.87. The average molecular weight is 195 g/mol. The minimum Gasteiger partial charge on any atom is -0.494 e. The summed E-state index contributed by atoms with van der Waals surface area (Å²) in [6, 6.07) is 3.82. The summed E-state index contributed by atoms with van der Waals surface area (Å²) in [5.74, 6) is -0.756. The van der Waals surface area contributed by atoms with Crippen LogP contribution in [0.25, 0.3) is 10.8 Å². The summed E-state index contributed by atoms with van der Waals surface area (Å²) in [4.78, 5) is 3.46. The van der Waals surface area contributed by atoms with E-state index in [1.807, 2.05) is 0 Å². The van der Waals surface area contributed by atoms with E-state index in [2.05, 4.69) is 4.98 Å². The number of nitrogens with zero attached hydrogens (tertiary/aromatic N) is 1. The van der Waals surface area contributed by atoms with Gasteiger partial charge in [-0.1, -0.05) is 0 Å². The fourth-order valence-electron chi connectivity index (χ4n) is 1.32. The van der Waals surface area contributed by atoms with Crippen molar-refractivity contribution in [3.8, 4) is 5.75 Å². The number of pyridine rings is 1. The number of rotatable bonds is 1. The van der Waals surface area contributed by atoms with Gasteiger partial charge in [-0.25, -0.2) is 9.37 Å². The van der Waals surface area contributed by atoms with Crippen LogP contribution in [0.15, 0.2) is 24.4 Å². The minimum absolute atomic E-state index is 0.129. The fourth-order valence-corrected chi connectivity index (χ4v) is 1.32. The average Bonchev–Trinajstić information content (AvgIpc) is 2.19. The highest BCUT2D eigenvalue weighted by molar-refractivity contribution is 5.87. The van der Waals surface area contributed by atoms with Crippen molar-refractivity contribution in [2.24, 2.45) is 0 Å². The zero-order valence-corrected chi connectivity index (χ0v) is 7.42. The van der Waals surface area contributed by atoms with Crippen molar-refractivity contribution in [3.05, 3.63) is 36.2 Å². The van der Waals surface area contributed by atoms with Crippen LogP contribution in [0.2, 0.25) is 0 Å². The highest BCUT2D eigenvalue weighted by Crippen LogP contribution is 2.26. The van der Waals surface area contributed by atoms with Crippen LogP contribution in [0.5, 0.6) is 5.75 Å². The van der Waals surface area contributed by atoms with Crippen molar-refractivity contribution in [2.45, 2.75) is 0 Å². The molecule has 2 aromatic rings. The van der Waals surface area contributed by atoms with Gasteiger partial charge in [-0.3, -0.25) is 0 Å². The van der Waals surface area contributed by atoms with E-state index in [-0.39, 0.29) is 5.39 Å². The third-order valence-electron chi connectivity index (χ3n) is 1.98. The molecule has 0 aliphatic carbocycles. The van der Waals surface area contributed by atoms with Crippen molar-refractivity contribution < 1.29 is 13.5 Å². The molecule has 2 rings (SSSR count). The monoisotopic (exact) mass is 195 g/mol. The van der Waals surface area contributed by atoms with Crippen LogP contribution >= 0.6 is 0 Å². The van der Waals surface area contributed by atoms with Gasteiger partial charge in [0.05, 0.1) is 13.3 Å². The smallest absolute Gasteiger partial charge is 0.221 e. The van der Waals surface area contributed by atoms with Gasteiger partial charge in [-0.2, -0.15) is 4.39 Å². The molecule has 0 aliphatic heterocycles. The van der Waals surface area contributed by atoms with Crippen LogP contribution in [0, 0.1) is 11.8 Å². The van der Waals surface area contributed by atoms with E-state index < -0.39 is 11.8 Å². The number of benzene rings is 1. The second-order valence-electron chi connectivity index (χ2n) is 2.81. The lowest BCUT2D eigenvalue weighted by atomic mass is 10.1. The molecular formula is C10H7F2NO. The number of fused-ring (bicyclic) bond motifs is 1. The Hall–Kier alpha value is -1.71. The third-order valence-corrected chi connectivity index (χ3v) is 1.98. The van der Waals surface area contributed by atoms with Crippen LogP contribution in [0.1, 0.15) is 0 Å². The van der Waals surface area contributed by atoms with Crippen molar-refractivity contribution in [3.63, 3.8) is 0 Å². The van der Waals surface area contributed by atoms with Crippen molar-refractivity contribution in [2.75, 3.05) is 7.11 Å². The Bertz CT molecular complexity index is 485. The van der Waals surface area contributed by atoms with Gasteiger partial charge in [0.1, 0.15) is 11.6 Å². The Morgan fingerprint density at radius 3 is 2.71 bits per heavy atom. The Morgan fingerprint density at radius 1 is 1.21 bits per heavy atom. The van der Waals surface area contributed by atoms with Crippen LogP contribution in [-0.2, 0) is 0 Å². The molecule has 0 N–H and O–H groups in total. The van der Waals surface area contributed by atoms with Crippen LogP contribution in [0.4, 0.5) is 8.78 Å². The van der Waals surface area contributed by atoms with E-state index in [4.69, 9.17) is 4.74 Å². The number of hydrogen-bond acceptors (Lipinski definition) is 2. The quantitative estimate of drug-likeness (QED) is 0.652. The fraction of sp³-hybridized carbons (Fsp3) is 0.100. The molecule has 0 saturated carbocycles. The topological polar surface area (TPSA) is 22.1 Å². The van der Waals surface area contributed by atoms with Crippen molar-refractivity contribution in [1.82, 2.24) is 4.98 Å². The second kappa shape index (κ2) is 3.21. The molecule has 1 aromatic heterocycles. The van der Waals surface area contributed by atoms with Gasteiger partial charge < -0.3 is 4.74 Å². The number of methoxy groups -OCH3 is 1. The molecule has 0 unspecified atom stereocenters. The maximum absolute atomic E-state index is 13.1. The molecule has 0 aliphatic rings. The summed E-state index contributed by atoms with van der Waals surface area (Å²) in [6.07, 6.45) is 1.27. The standard InChI is InChI=1S/C10H7F2NO/c1-14-9-5-13-10(12)8-4-6(11)2-3-7(8)9/h2-5H,1H3. The summed E-state index contributed by atoms with van der Waals surface area (Å²) in [7, 11) is 1.46. The van der Waals surface area contributed by atoms with Crippen molar-refractivity contribution in [1.29, 1.82) is 0 Å². The van der Waals surface area contributed by atoms with Gasteiger partial charge in [0.2, 0.25) is 5.95 Å². The molecule has 0 amide bonds. The highest BCUT2D eigenvalue weighted by atomic mass is 19.1. The Balaban J connectivity index is 2.84. The molecule has 0 saturated heterocycles. The lowest BCUT2D eigenvalue weighted by Crippen LogP contribution is -1.91. The lowest BCUT2D eigenvalue weighted by molar-refractivity contribution is 0.416. The van der Waals surface area contributed by atoms with E-state index in [0.29, 0.717) is 11.1 Å². The second-order valence-corrected chi connectivity index (χ2v) is 2.81. The van der Waals surface area contributed by atoms with Gasteiger partial charge in [-0.15, -0.1) is 0 Å². The maximum Gasteiger partial charge on any atom is 0.221 e. The maximum atomic E-state index is 13.1. The van der Waals surface area contributed by atoms with Crippen molar-refractivity contribution >= 4 is 10.8 Å². The number of hydrogen-bond donors (Lipinski definition) is 0. The minimum atomic E-state index is -0.694. The number of ether oxygens (including phenoxy) is 1. The molecule has 1 heterocycles. The lowest BCUT2D eigenvalue weighted by Gasteiger charge is -2.04. The molecular weight excluding hydrogens is 188 g/mol. The Kier molecular flexibility index (Phi) is 2.04. The highest BCUT2D eigenvalue weighted by Gasteiger charge is 2.07. The van der Waals surface area contributed by atoms with E-state index in [0.717, 1.165) is 6.07 Å². The zero-order chi connectivity index (χ0) is 10.1. The summed E-state index contributed by atoms with van der Waals surface area (Å²) in [6.45, 7) is 0. The predicted octanol–water partition coefficient (Wildman–Crippen LogP) is 2.52. The molecule has 4 heteroatoms. The van der Waals surface area contributed by atoms with E-state index in [1.165, 1.54) is 25.4 Å². The third kappa shape index (κ3) is 1.28. The Labute approximate surface area is 79.1 Å². The molecule has 72 valence electrons. The first-order chi connectivity index (χ1) is 6.72. The van der Waals surface area contributed by atoms with Crippen LogP contribution < -0.4 is 4.74 Å². The van der Waals surface area contributed by atoms with Gasteiger partial charge in [0.25, 0.3) is 0 Å². The van der Waals surface area contributed by atoms with E-state index in [1.54, 1.807) is 0 Å². The first-order valence-electron chi connectivity index (χ1n) is 4.00.